The third-order valence-electron chi connectivity index (χ3n) is 2.53. The molecule has 0 atom stereocenters. The molecule has 1 aliphatic carbocycles. The highest BCUT2D eigenvalue weighted by Gasteiger charge is 2.23. The van der Waals surface area contributed by atoms with Gasteiger partial charge in [0.15, 0.2) is 5.82 Å². The SMILES string of the molecule is Cn1nc(NC2CC2)c2ncccc21. The first-order chi connectivity index (χ1) is 6.84. The van der Waals surface area contributed by atoms with Crippen LogP contribution in [0.15, 0.2) is 18.3 Å². The van der Waals surface area contributed by atoms with Crippen LogP contribution in [0.2, 0.25) is 0 Å². The van der Waals surface area contributed by atoms with Crippen molar-refractivity contribution in [1.29, 1.82) is 0 Å². The van der Waals surface area contributed by atoms with Crippen LogP contribution < -0.4 is 5.32 Å². The van der Waals surface area contributed by atoms with Crippen molar-refractivity contribution >= 4 is 16.9 Å². The molecule has 0 spiro atoms. The van der Waals surface area contributed by atoms with E-state index in [0.717, 1.165) is 16.9 Å². The summed E-state index contributed by atoms with van der Waals surface area (Å²) in [5.74, 6) is 0.922. The van der Waals surface area contributed by atoms with Crippen LogP contribution in [0, 0.1) is 0 Å². The monoisotopic (exact) mass is 188 g/mol. The molecular formula is C10H12N4. The maximum Gasteiger partial charge on any atom is 0.174 e. The van der Waals surface area contributed by atoms with E-state index in [1.54, 1.807) is 0 Å². The molecule has 1 aliphatic rings. The molecule has 4 heteroatoms. The summed E-state index contributed by atoms with van der Waals surface area (Å²) in [4.78, 5) is 4.34. The molecule has 4 nitrogen and oxygen atoms in total. The molecule has 2 heterocycles. The Morgan fingerprint density at radius 2 is 2.36 bits per heavy atom. The average molecular weight is 188 g/mol. The lowest BCUT2D eigenvalue weighted by Gasteiger charge is -1.97. The number of nitrogens with one attached hydrogen (secondary N) is 1. The first kappa shape index (κ1) is 7.79. The van der Waals surface area contributed by atoms with Crippen molar-refractivity contribution in [2.45, 2.75) is 18.9 Å². The van der Waals surface area contributed by atoms with Gasteiger partial charge < -0.3 is 5.32 Å². The minimum absolute atomic E-state index is 0.620. The van der Waals surface area contributed by atoms with Crippen LogP contribution in [-0.2, 0) is 7.05 Å². The van der Waals surface area contributed by atoms with Gasteiger partial charge in [-0.1, -0.05) is 0 Å². The molecule has 1 N–H and O–H groups in total. The molecule has 0 amide bonds. The third kappa shape index (κ3) is 1.14. The van der Waals surface area contributed by atoms with E-state index in [4.69, 9.17) is 0 Å². The fraction of sp³-hybridized carbons (Fsp3) is 0.400. The van der Waals surface area contributed by atoms with Gasteiger partial charge in [0.2, 0.25) is 0 Å². The van der Waals surface area contributed by atoms with Crippen molar-refractivity contribution in [3.05, 3.63) is 18.3 Å². The lowest BCUT2D eigenvalue weighted by atomic mass is 10.4. The van der Waals surface area contributed by atoms with Gasteiger partial charge in [0.1, 0.15) is 5.52 Å². The number of anilines is 1. The fourth-order valence-corrected chi connectivity index (χ4v) is 1.61. The molecule has 2 aromatic heterocycles. The number of aromatic nitrogens is 3. The molecule has 0 unspecified atom stereocenters. The second kappa shape index (κ2) is 2.70. The minimum Gasteiger partial charge on any atom is -0.364 e. The van der Waals surface area contributed by atoms with Crippen LogP contribution >= 0.6 is 0 Å². The van der Waals surface area contributed by atoms with E-state index in [9.17, 15) is 0 Å². The van der Waals surface area contributed by atoms with Crippen molar-refractivity contribution in [2.24, 2.45) is 7.05 Å². The van der Waals surface area contributed by atoms with Crippen molar-refractivity contribution in [1.82, 2.24) is 14.8 Å². The molecule has 0 radical (unpaired) electrons. The first-order valence-corrected chi connectivity index (χ1v) is 4.89. The molecule has 0 bridgehead atoms. The smallest absolute Gasteiger partial charge is 0.174 e. The Hall–Kier alpha value is -1.58. The van der Waals surface area contributed by atoms with E-state index in [1.165, 1.54) is 12.8 Å². The van der Waals surface area contributed by atoms with E-state index in [0.29, 0.717) is 6.04 Å². The lowest BCUT2D eigenvalue weighted by Crippen LogP contribution is -2.02. The fourth-order valence-electron chi connectivity index (χ4n) is 1.61. The highest BCUT2D eigenvalue weighted by molar-refractivity contribution is 5.86. The summed E-state index contributed by atoms with van der Waals surface area (Å²) < 4.78 is 1.87. The summed E-state index contributed by atoms with van der Waals surface area (Å²) in [5, 5.41) is 7.80. The van der Waals surface area contributed by atoms with Gasteiger partial charge >= 0.3 is 0 Å². The third-order valence-corrected chi connectivity index (χ3v) is 2.53. The number of rotatable bonds is 2. The highest BCUT2D eigenvalue weighted by Crippen LogP contribution is 2.27. The van der Waals surface area contributed by atoms with Crippen LogP contribution in [0.3, 0.4) is 0 Å². The number of hydrogen-bond donors (Lipinski definition) is 1. The summed E-state index contributed by atoms with van der Waals surface area (Å²) in [6.07, 6.45) is 4.32. The normalized spacial score (nSPS) is 16.1. The van der Waals surface area contributed by atoms with Crippen molar-refractivity contribution < 1.29 is 0 Å². The maximum absolute atomic E-state index is 4.41. The van der Waals surface area contributed by atoms with Gasteiger partial charge in [-0.3, -0.25) is 9.67 Å². The summed E-state index contributed by atoms with van der Waals surface area (Å²) in [6.45, 7) is 0. The highest BCUT2D eigenvalue weighted by atomic mass is 15.3. The predicted molar refractivity (Wildman–Crippen MR) is 55.2 cm³/mol. The summed E-state index contributed by atoms with van der Waals surface area (Å²) in [7, 11) is 1.95. The number of fused-ring (bicyclic) bond motifs is 1. The van der Waals surface area contributed by atoms with Gasteiger partial charge in [-0.25, -0.2) is 0 Å². The molecule has 14 heavy (non-hydrogen) atoms. The van der Waals surface area contributed by atoms with E-state index < -0.39 is 0 Å². The summed E-state index contributed by atoms with van der Waals surface area (Å²) in [6, 6.07) is 4.59. The van der Waals surface area contributed by atoms with Gasteiger partial charge in [0, 0.05) is 19.3 Å². The van der Waals surface area contributed by atoms with Crippen LogP contribution in [0.1, 0.15) is 12.8 Å². The van der Waals surface area contributed by atoms with Crippen LogP contribution in [0.25, 0.3) is 11.0 Å². The van der Waals surface area contributed by atoms with Crippen molar-refractivity contribution in [2.75, 3.05) is 5.32 Å². The molecule has 72 valence electrons. The van der Waals surface area contributed by atoms with Crippen LogP contribution in [0.4, 0.5) is 5.82 Å². The molecule has 0 aliphatic heterocycles. The zero-order chi connectivity index (χ0) is 9.54. The Balaban J connectivity index is 2.12. The standard InChI is InChI=1S/C10H12N4/c1-14-8-3-2-6-11-9(8)10(13-14)12-7-4-5-7/h2-3,6-7H,4-5H2,1H3,(H,12,13). The second-order valence-corrected chi connectivity index (χ2v) is 3.76. The number of hydrogen-bond acceptors (Lipinski definition) is 3. The second-order valence-electron chi connectivity index (χ2n) is 3.76. The molecular weight excluding hydrogens is 176 g/mol. The van der Waals surface area contributed by atoms with Gasteiger partial charge in [-0.2, -0.15) is 5.10 Å². The topological polar surface area (TPSA) is 42.7 Å². The predicted octanol–water partition coefficient (Wildman–Crippen LogP) is 1.54. The Bertz CT molecular complexity index is 470. The molecule has 2 aromatic rings. The Morgan fingerprint density at radius 3 is 3.14 bits per heavy atom. The van der Waals surface area contributed by atoms with E-state index in [2.05, 4.69) is 15.4 Å². The lowest BCUT2D eigenvalue weighted by molar-refractivity contribution is 0.796. The maximum atomic E-state index is 4.41. The van der Waals surface area contributed by atoms with Gasteiger partial charge in [0.05, 0.1) is 5.52 Å². The average Bonchev–Trinajstić information content (AvgIpc) is 2.95. The Labute approximate surface area is 81.9 Å². The first-order valence-electron chi connectivity index (χ1n) is 4.89. The molecule has 1 fully saturated rings. The Morgan fingerprint density at radius 1 is 1.50 bits per heavy atom. The molecule has 1 saturated carbocycles. The Kier molecular flexibility index (Phi) is 1.50. The van der Waals surface area contributed by atoms with Crippen molar-refractivity contribution in [3.63, 3.8) is 0 Å². The van der Waals surface area contributed by atoms with Crippen LogP contribution in [0.5, 0.6) is 0 Å². The van der Waals surface area contributed by atoms with Gasteiger partial charge in [-0.05, 0) is 25.0 Å². The summed E-state index contributed by atoms with van der Waals surface area (Å²) in [5.41, 5.74) is 2.05. The largest absolute Gasteiger partial charge is 0.364 e. The van der Waals surface area contributed by atoms with Crippen molar-refractivity contribution in [3.8, 4) is 0 Å². The van der Waals surface area contributed by atoms with Gasteiger partial charge in [0.25, 0.3) is 0 Å². The van der Waals surface area contributed by atoms with E-state index in [-0.39, 0.29) is 0 Å². The quantitative estimate of drug-likeness (QED) is 0.777. The van der Waals surface area contributed by atoms with Gasteiger partial charge in [-0.15, -0.1) is 0 Å². The number of aryl methyl sites for hydroxylation is 1. The van der Waals surface area contributed by atoms with E-state index >= 15 is 0 Å². The zero-order valence-electron chi connectivity index (χ0n) is 8.07. The van der Waals surface area contributed by atoms with Crippen LogP contribution in [-0.4, -0.2) is 20.8 Å². The molecule has 0 saturated heterocycles. The summed E-state index contributed by atoms with van der Waals surface area (Å²) >= 11 is 0. The zero-order valence-corrected chi connectivity index (χ0v) is 8.07. The number of nitrogens with zero attached hydrogens (tertiary/aromatic N) is 3. The molecule has 0 aromatic carbocycles. The number of pyridine rings is 1. The molecule has 3 rings (SSSR count). The minimum atomic E-state index is 0.620. The van der Waals surface area contributed by atoms with E-state index in [1.807, 2.05) is 30.1 Å².